The fourth-order valence-corrected chi connectivity index (χ4v) is 1.43. The third kappa shape index (κ3) is 6.94. The summed E-state index contributed by atoms with van der Waals surface area (Å²) < 4.78 is 5.81. The summed E-state index contributed by atoms with van der Waals surface area (Å²) in [4.78, 5) is 22.4. The molecule has 0 aliphatic heterocycles. The normalized spacial score (nSPS) is 15.1. The monoisotopic (exact) mass is 246 g/mol. The molecule has 0 amide bonds. The molecule has 0 aliphatic rings. The molecule has 0 aromatic rings. The number of aliphatic carboxylic acids is 1. The summed E-state index contributed by atoms with van der Waals surface area (Å²) in [6.45, 7) is 3.95. The van der Waals surface area contributed by atoms with Crippen LogP contribution in [0.25, 0.3) is 0 Å². The summed E-state index contributed by atoms with van der Waals surface area (Å²) in [6.07, 6.45) is 0.462. The van der Waals surface area contributed by atoms with Gasteiger partial charge in [0.1, 0.15) is 6.54 Å². The number of hydrogen-bond donors (Lipinski definition) is 1. The number of carbonyl (C=O) groups excluding carboxylic acids is 1. The minimum Gasteiger partial charge on any atom is -0.481 e. The first kappa shape index (κ1) is 15.9. The van der Waals surface area contributed by atoms with E-state index in [0.717, 1.165) is 0 Å². The van der Waals surface area contributed by atoms with E-state index in [1.54, 1.807) is 6.92 Å². The van der Waals surface area contributed by atoms with Gasteiger partial charge in [-0.1, -0.05) is 6.92 Å². The second kappa shape index (κ2) is 6.59. The van der Waals surface area contributed by atoms with E-state index in [1.165, 1.54) is 0 Å². The van der Waals surface area contributed by atoms with Crippen molar-refractivity contribution >= 4 is 11.9 Å². The lowest BCUT2D eigenvalue weighted by Crippen LogP contribution is -2.47. The Labute approximate surface area is 103 Å². The lowest BCUT2D eigenvalue weighted by atomic mass is 10.0. The summed E-state index contributed by atoms with van der Waals surface area (Å²) in [5.41, 5.74) is 0. The van der Waals surface area contributed by atoms with E-state index >= 15 is 0 Å². The third-order valence-electron chi connectivity index (χ3n) is 2.41. The molecule has 0 bridgehead atoms. The highest BCUT2D eigenvalue weighted by Gasteiger charge is 2.31. The van der Waals surface area contributed by atoms with Crippen LogP contribution in [0.4, 0.5) is 0 Å². The van der Waals surface area contributed by atoms with Gasteiger partial charge in [0.15, 0.2) is 6.10 Å². The molecule has 2 atom stereocenters. The molecule has 0 heterocycles. The number of rotatable bonds is 7. The highest BCUT2D eigenvalue weighted by Crippen LogP contribution is 2.13. The Kier molecular flexibility index (Phi) is 6.16. The van der Waals surface area contributed by atoms with Crippen LogP contribution in [0.2, 0.25) is 0 Å². The summed E-state index contributed by atoms with van der Waals surface area (Å²) >= 11 is 0. The molecular weight excluding hydrogens is 222 g/mol. The van der Waals surface area contributed by atoms with Gasteiger partial charge in [0, 0.05) is 6.42 Å². The molecule has 0 aromatic heterocycles. The molecule has 0 rings (SSSR count). The van der Waals surface area contributed by atoms with E-state index in [1.807, 2.05) is 28.1 Å². The molecule has 1 N–H and O–H groups in total. The highest BCUT2D eigenvalue weighted by atomic mass is 16.5. The van der Waals surface area contributed by atoms with Gasteiger partial charge in [-0.3, -0.25) is 9.59 Å². The Morgan fingerprint density at radius 2 is 1.82 bits per heavy atom. The predicted molar refractivity (Wildman–Crippen MR) is 64.5 cm³/mol. The van der Waals surface area contributed by atoms with Crippen LogP contribution in [-0.4, -0.2) is 55.3 Å². The van der Waals surface area contributed by atoms with Gasteiger partial charge in [0.25, 0.3) is 0 Å². The maximum absolute atomic E-state index is 11.4. The topological polar surface area (TPSA) is 63.6 Å². The third-order valence-corrected chi connectivity index (χ3v) is 2.41. The highest BCUT2D eigenvalue weighted by molar-refractivity contribution is 5.72. The van der Waals surface area contributed by atoms with E-state index in [4.69, 9.17) is 9.84 Å². The maximum Gasteiger partial charge on any atom is 0.310 e. The largest absolute Gasteiger partial charge is 0.481 e. The van der Waals surface area contributed by atoms with Crippen LogP contribution in [0.5, 0.6) is 0 Å². The van der Waals surface area contributed by atoms with E-state index in [-0.39, 0.29) is 5.97 Å². The van der Waals surface area contributed by atoms with Crippen LogP contribution >= 0.6 is 0 Å². The summed E-state index contributed by atoms with van der Waals surface area (Å²) in [5.74, 6) is -1.94. The summed E-state index contributed by atoms with van der Waals surface area (Å²) in [5, 5.41) is 8.99. The van der Waals surface area contributed by atoms with Crippen molar-refractivity contribution in [1.82, 2.24) is 0 Å². The smallest absolute Gasteiger partial charge is 0.310 e. The lowest BCUT2D eigenvalue weighted by molar-refractivity contribution is -0.873. The SMILES string of the molecule is CCCC(=O)OC(C[N+](C)(C)C)C(C)C(=O)O. The van der Waals surface area contributed by atoms with Crippen LogP contribution in [0.15, 0.2) is 0 Å². The Hall–Kier alpha value is -1.10. The maximum atomic E-state index is 11.4. The van der Waals surface area contributed by atoms with Crippen molar-refractivity contribution in [3.05, 3.63) is 0 Å². The molecule has 0 saturated carbocycles. The Morgan fingerprint density at radius 3 is 2.18 bits per heavy atom. The minimum atomic E-state index is -0.937. The zero-order valence-electron chi connectivity index (χ0n) is 11.4. The van der Waals surface area contributed by atoms with Gasteiger partial charge < -0.3 is 14.3 Å². The van der Waals surface area contributed by atoms with E-state index in [2.05, 4.69) is 0 Å². The van der Waals surface area contributed by atoms with Crippen molar-refractivity contribution < 1.29 is 23.9 Å². The molecule has 0 radical (unpaired) electrons. The fraction of sp³-hybridized carbons (Fsp3) is 0.833. The van der Waals surface area contributed by atoms with Crippen molar-refractivity contribution in [3.63, 3.8) is 0 Å². The van der Waals surface area contributed by atoms with Gasteiger partial charge in [0.2, 0.25) is 0 Å². The van der Waals surface area contributed by atoms with Crippen LogP contribution < -0.4 is 0 Å². The number of likely N-dealkylation sites (N-methyl/N-ethyl adjacent to an activating group) is 1. The quantitative estimate of drug-likeness (QED) is 0.540. The number of carbonyl (C=O) groups is 2. The average Bonchev–Trinajstić information content (AvgIpc) is 2.13. The van der Waals surface area contributed by atoms with E-state index in [9.17, 15) is 9.59 Å². The van der Waals surface area contributed by atoms with Crippen molar-refractivity contribution in [2.75, 3.05) is 27.7 Å². The van der Waals surface area contributed by atoms with Gasteiger partial charge >= 0.3 is 11.9 Å². The lowest BCUT2D eigenvalue weighted by Gasteiger charge is -2.30. The van der Waals surface area contributed by atoms with Crippen molar-refractivity contribution in [1.29, 1.82) is 0 Å². The number of ether oxygens (including phenoxy) is 1. The first-order valence-corrected chi connectivity index (χ1v) is 5.90. The molecule has 0 aliphatic carbocycles. The first-order chi connectivity index (χ1) is 7.67. The second-order valence-corrected chi connectivity index (χ2v) is 5.38. The van der Waals surface area contributed by atoms with Crippen molar-refractivity contribution in [2.45, 2.75) is 32.8 Å². The second-order valence-electron chi connectivity index (χ2n) is 5.38. The number of esters is 1. The van der Waals surface area contributed by atoms with Crippen LogP contribution in [-0.2, 0) is 14.3 Å². The molecule has 0 spiro atoms. The van der Waals surface area contributed by atoms with Crippen molar-refractivity contribution in [3.8, 4) is 0 Å². The average molecular weight is 246 g/mol. The molecule has 5 heteroatoms. The Balaban J connectivity index is 4.62. The summed E-state index contributed by atoms with van der Waals surface area (Å²) in [7, 11) is 5.82. The van der Waals surface area contributed by atoms with Gasteiger partial charge in [0.05, 0.1) is 27.1 Å². The molecular formula is C12H24NO4+. The van der Waals surface area contributed by atoms with Crippen LogP contribution in [0.3, 0.4) is 0 Å². The zero-order chi connectivity index (χ0) is 13.6. The number of hydrogen-bond acceptors (Lipinski definition) is 3. The zero-order valence-corrected chi connectivity index (χ0v) is 11.4. The van der Waals surface area contributed by atoms with Gasteiger partial charge in [-0.15, -0.1) is 0 Å². The van der Waals surface area contributed by atoms with Crippen LogP contribution in [0.1, 0.15) is 26.7 Å². The number of carboxylic acids is 1. The number of quaternary nitrogens is 1. The molecule has 17 heavy (non-hydrogen) atoms. The molecule has 0 fully saturated rings. The van der Waals surface area contributed by atoms with Gasteiger partial charge in [-0.25, -0.2) is 0 Å². The number of carboxylic acid groups (broad SMARTS) is 1. The van der Waals surface area contributed by atoms with Crippen LogP contribution in [0, 0.1) is 5.92 Å². The fourth-order valence-electron chi connectivity index (χ4n) is 1.43. The molecule has 5 nitrogen and oxygen atoms in total. The van der Waals surface area contributed by atoms with Gasteiger partial charge in [-0.2, -0.15) is 0 Å². The Bertz CT molecular complexity index is 270. The first-order valence-electron chi connectivity index (χ1n) is 5.90. The van der Waals surface area contributed by atoms with Crippen molar-refractivity contribution in [2.24, 2.45) is 5.92 Å². The van der Waals surface area contributed by atoms with E-state index < -0.39 is 18.0 Å². The predicted octanol–water partition coefficient (Wildman–Crippen LogP) is 1.13. The standard InChI is InChI=1S/C12H23NO4/c1-6-7-11(14)17-10(8-13(3,4)5)9(2)12(15)16/h9-10H,6-8H2,1-5H3/p+1. The number of nitrogens with zero attached hydrogens (tertiary/aromatic N) is 1. The minimum absolute atomic E-state index is 0.320. The summed E-state index contributed by atoms with van der Waals surface area (Å²) in [6, 6.07) is 0. The van der Waals surface area contributed by atoms with Gasteiger partial charge in [-0.05, 0) is 13.3 Å². The van der Waals surface area contributed by atoms with E-state index in [0.29, 0.717) is 23.9 Å². The molecule has 2 unspecified atom stereocenters. The molecule has 0 saturated heterocycles. The molecule has 100 valence electrons. The Morgan fingerprint density at radius 1 is 1.29 bits per heavy atom. The molecule has 0 aromatic carbocycles.